The Morgan fingerprint density at radius 1 is 1.55 bits per heavy atom. The van der Waals surface area contributed by atoms with Crippen molar-refractivity contribution in [2.24, 2.45) is 0 Å². The Morgan fingerprint density at radius 3 is 3.18 bits per heavy atom. The Labute approximate surface area is 134 Å². The number of thiophene rings is 1. The second-order valence-electron chi connectivity index (χ2n) is 5.96. The summed E-state index contributed by atoms with van der Waals surface area (Å²) in [5, 5.41) is 9.70. The van der Waals surface area contributed by atoms with Crippen LogP contribution in [0, 0.1) is 6.92 Å². The summed E-state index contributed by atoms with van der Waals surface area (Å²) in [7, 11) is 0. The summed E-state index contributed by atoms with van der Waals surface area (Å²) in [5.41, 5.74) is 2.47. The molecule has 0 bridgehead atoms. The van der Waals surface area contributed by atoms with E-state index in [0.29, 0.717) is 6.54 Å². The van der Waals surface area contributed by atoms with Gasteiger partial charge in [-0.05, 0) is 42.8 Å². The molecule has 2 aromatic heterocycles. The van der Waals surface area contributed by atoms with E-state index in [9.17, 15) is 4.79 Å². The number of hydrogen-bond acceptors (Lipinski definition) is 4. The van der Waals surface area contributed by atoms with Crippen LogP contribution in [0.4, 0.5) is 0 Å². The van der Waals surface area contributed by atoms with E-state index >= 15 is 0 Å². The van der Waals surface area contributed by atoms with Gasteiger partial charge in [-0.2, -0.15) is 5.10 Å². The van der Waals surface area contributed by atoms with Crippen LogP contribution in [0.5, 0.6) is 0 Å². The molecule has 0 saturated carbocycles. The lowest BCUT2D eigenvalue weighted by molar-refractivity contribution is -0.131. The van der Waals surface area contributed by atoms with Gasteiger partial charge in [0.25, 0.3) is 0 Å². The first-order chi connectivity index (χ1) is 10.6. The summed E-state index contributed by atoms with van der Waals surface area (Å²) in [6.07, 6.45) is 4.85. The number of rotatable bonds is 5. The molecular formula is C16H22N4OS. The van der Waals surface area contributed by atoms with Crippen molar-refractivity contribution in [3.05, 3.63) is 39.8 Å². The van der Waals surface area contributed by atoms with E-state index in [1.807, 2.05) is 28.9 Å². The number of aromatic nitrogens is 2. The molecular weight excluding hydrogens is 296 g/mol. The molecule has 0 aromatic carbocycles. The van der Waals surface area contributed by atoms with Gasteiger partial charge in [0, 0.05) is 30.2 Å². The second-order valence-corrected chi connectivity index (χ2v) is 6.96. The van der Waals surface area contributed by atoms with Crippen molar-refractivity contribution in [1.29, 1.82) is 0 Å². The van der Waals surface area contributed by atoms with Crippen molar-refractivity contribution in [2.45, 2.75) is 39.4 Å². The average molecular weight is 318 g/mol. The van der Waals surface area contributed by atoms with Crippen LogP contribution >= 0.6 is 11.3 Å². The molecule has 2 aromatic rings. The van der Waals surface area contributed by atoms with Gasteiger partial charge in [-0.25, -0.2) is 0 Å². The SMILES string of the molecule is Cc1cnn(CC(C)NCC(=O)N2CCc3sccc3C2)c1. The number of hydrogen-bond donors (Lipinski definition) is 1. The molecule has 0 aliphatic carbocycles. The Balaban J connectivity index is 1.46. The minimum absolute atomic E-state index is 0.181. The molecule has 1 atom stereocenters. The van der Waals surface area contributed by atoms with Gasteiger partial charge < -0.3 is 10.2 Å². The van der Waals surface area contributed by atoms with Crippen molar-refractivity contribution in [3.63, 3.8) is 0 Å². The molecule has 0 spiro atoms. The minimum atomic E-state index is 0.181. The predicted molar refractivity (Wildman–Crippen MR) is 87.9 cm³/mol. The van der Waals surface area contributed by atoms with Crippen LogP contribution < -0.4 is 5.32 Å². The van der Waals surface area contributed by atoms with E-state index in [1.54, 1.807) is 11.3 Å². The minimum Gasteiger partial charge on any atom is -0.337 e. The van der Waals surface area contributed by atoms with Crippen LogP contribution in [0.25, 0.3) is 0 Å². The van der Waals surface area contributed by atoms with E-state index in [-0.39, 0.29) is 11.9 Å². The fourth-order valence-corrected chi connectivity index (χ4v) is 3.64. The number of amides is 1. The Morgan fingerprint density at radius 2 is 2.41 bits per heavy atom. The normalized spacial score (nSPS) is 15.6. The van der Waals surface area contributed by atoms with E-state index in [4.69, 9.17) is 0 Å². The monoisotopic (exact) mass is 318 g/mol. The zero-order valence-electron chi connectivity index (χ0n) is 13.1. The molecule has 0 radical (unpaired) electrons. The lowest BCUT2D eigenvalue weighted by atomic mass is 10.1. The van der Waals surface area contributed by atoms with Gasteiger partial charge in [-0.1, -0.05) is 0 Å². The van der Waals surface area contributed by atoms with Crippen LogP contribution in [-0.4, -0.2) is 39.7 Å². The molecule has 5 nitrogen and oxygen atoms in total. The van der Waals surface area contributed by atoms with E-state index in [0.717, 1.165) is 31.6 Å². The molecule has 3 rings (SSSR count). The first-order valence-corrected chi connectivity index (χ1v) is 8.55. The van der Waals surface area contributed by atoms with Gasteiger partial charge in [-0.15, -0.1) is 11.3 Å². The lowest BCUT2D eigenvalue weighted by Crippen LogP contribution is -2.43. The average Bonchev–Trinajstić information content (AvgIpc) is 3.12. The third kappa shape index (κ3) is 3.56. The second kappa shape index (κ2) is 6.62. The van der Waals surface area contributed by atoms with E-state index < -0.39 is 0 Å². The van der Waals surface area contributed by atoms with Crippen LogP contribution in [0.2, 0.25) is 0 Å². The number of carbonyl (C=O) groups is 1. The maximum atomic E-state index is 12.3. The Hall–Kier alpha value is -1.66. The smallest absolute Gasteiger partial charge is 0.236 e. The first kappa shape index (κ1) is 15.2. The fraction of sp³-hybridized carbons (Fsp3) is 0.500. The molecule has 118 valence electrons. The van der Waals surface area contributed by atoms with Crippen molar-refractivity contribution >= 4 is 17.2 Å². The van der Waals surface area contributed by atoms with Gasteiger partial charge in [0.05, 0.1) is 19.3 Å². The van der Waals surface area contributed by atoms with Gasteiger partial charge in [0.2, 0.25) is 5.91 Å². The van der Waals surface area contributed by atoms with Crippen LogP contribution in [0.15, 0.2) is 23.8 Å². The van der Waals surface area contributed by atoms with Gasteiger partial charge in [-0.3, -0.25) is 9.48 Å². The molecule has 0 fully saturated rings. The predicted octanol–water partition coefficient (Wildman–Crippen LogP) is 1.82. The maximum Gasteiger partial charge on any atom is 0.236 e. The number of aryl methyl sites for hydroxylation is 1. The molecule has 1 amide bonds. The molecule has 22 heavy (non-hydrogen) atoms. The number of fused-ring (bicyclic) bond motifs is 1. The Bertz CT molecular complexity index is 648. The molecule has 1 aliphatic heterocycles. The topological polar surface area (TPSA) is 50.2 Å². The van der Waals surface area contributed by atoms with Crippen molar-refractivity contribution < 1.29 is 4.79 Å². The summed E-state index contributed by atoms with van der Waals surface area (Å²) in [4.78, 5) is 15.7. The zero-order chi connectivity index (χ0) is 15.5. The first-order valence-electron chi connectivity index (χ1n) is 7.67. The third-order valence-electron chi connectivity index (χ3n) is 3.99. The van der Waals surface area contributed by atoms with Gasteiger partial charge >= 0.3 is 0 Å². The molecule has 3 heterocycles. The Kier molecular flexibility index (Phi) is 4.59. The van der Waals surface area contributed by atoms with Crippen LogP contribution in [0.1, 0.15) is 22.9 Å². The summed E-state index contributed by atoms with van der Waals surface area (Å²) >= 11 is 1.80. The van der Waals surface area contributed by atoms with Crippen molar-refractivity contribution in [1.82, 2.24) is 20.0 Å². The van der Waals surface area contributed by atoms with Crippen molar-refractivity contribution in [3.8, 4) is 0 Å². The number of carbonyl (C=O) groups excluding carboxylic acids is 1. The highest BCUT2D eigenvalue weighted by Crippen LogP contribution is 2.23. The summed E-state index contributed by atoms with van der Waals surface area (Å²) in [5.74, 6) is 0.181. The van der Waals surface area contributed by atoms with Crippen molar-refractivity contribution in [2.75, 3.05) is 13.1 Å². The zero-order valence-corrected chi connectivity index (χ0v) is 13.9. The molecule has 0 saturated heterocycles. The quantitative estimate of drug-likeness (QED) is 0.915. The highest BCUT2D eigenvalue weighted by atomic mass is 32.1. The van der Waals surface area contributed by atoms with Gasteiger partial charge in [0.15, 0.2) is 0 Å². The largest absolute Gasteiger partial charge is 0.337 e. The fourth-order valence-electron chi connectivity index (χ4n) is 2.75. The molecule has 6 heteroatoms. The van der Waals surface area contributed by atoms with Crippen LogP contribution in [0.3, 0.4) is 0 Å². The standard InChI is InChI=1S/C16H22N4OS/c1-12-7-18-20(9-12)10-13(2)17-8-16(21)19-5-3-15-14(11-19)4-6-22-15/h4,6-7,9,13,17H,3,5,8,10-11H2,1-2H3. The highest BCUT2D eigenvalue weighted by Gasteiger charge is 2.21. The molecule has 1 aliphatic rings. The van der Waals surface area contributed by atoms with E-state index in [1.165, 1.54) is 10.4 Å². The maximum absolute atomic E-state index is 12.3. The molecule has 1 unspecified atom stereocenters. The van der Waals surface area contributed by atoms with E-state index in [2.05, 4.69) is 28.8 Å². The summed E-state index contributed by atoms with van der Waals surface area (Å²) < 4.78 is 1.91. The molecule has 1 N–H and O–H groups in total. The summed E-state index contributed by atoms with van der Waals surface area (Å²) in [6, 6.07) is 2.35. The highest BCUT2D eigenvalue weighted by molar-refractivity contribution is 7.10. The number of nitrogens with zero attached hydrogens (tertiary/aromatic N) is 3. The van der Waals surface area contributed by atoms with Gasteiger partial charge in [0.1, 0.15) is 0 Å². The van der Waals surface area contributed by atoms with Crippen LogP contribution in [-0.2, 0) is 24.3 Å². The third-order valence-corrected chi connectivity index (χ3v) is 5.01. The lowest BCUT2D eigenvalue weighted by Gasteiger charge is -2.27. The summed E-state index contributed by atoms with van der Waals surface area (Å²) in [6.45, 7) is 6.86. The number of nitrogens with one attached hydrogen (secondary N) is 1.